The molecule has 9 heteroatoms. The first kappa shape index (κ1) is 19.5. The molecule has 0 bridgehead atoms. The van der Waals surface area contributed by atoms with Crippen molar-refractivity contribution in [3.8, 4) is 0 Å². The summed E-state index contributed by atoms with van der Waals surface area (Å²) in [7, 11) is 1.33. The normalized spacial score (nSPS) is 20.4. The minimum absolute atomic E-state index is 0.0191. The molecule has 5 nitrogen and oxygen atoms in total. The molecular weight excluding hydrogens is 377 g/mol. The number of aromatic nitrogens is 2. The fourth-order valence-electron chi connectivity index (χ4n) is 3.05. The second kappa shape index (κ2) is 7.03. The van der Waals surface area contributed by atoms with Crippen molar-refractivity contribution in [3.05, 3.63) is 52.8 Å². The zero-order chi connectivity index (χ0) is 19.8. The van der Waals surface area contributed by atoms with Gasteiger partial charge in [-0.3, -0.25) is 14.5 Å². The Labute approximate surface area is 158 Å². The van der Waals surface area contributed by atoms with Gasteiger partial charge in [-0.05, 0) is 30.5 Å². The van der Waals surface area contributed by atoms with Crippen LogP contribution in [0.5, 0.6) is 0 Å². The molecule has 1 aliphatic rings. The molecule has 2 heterocycles. The molecule has 2 N–H and O–H groups in total. The first-order valence-electron chi connectivity index (χ1n) is 8.30. The number of carbonyl (C=O) groups is 1. The molecule has 144 valence electrons. The highest BCUT2D eigenvalue weighted by atomic mass is 32.2. The molecule has 1 aromatic carbocycles. The molecule has 1 aromatic heterocycles. The van der Waals surface area contributed by atoms with Crippen LogP contribution in [-0.2, 0) is 25.2 Å². The number of alkyl halides is 3. The van der Waals surface area contributed by atoms with Gasteiger partial charge in [0.2, 0.25) is 0 Å². The van der Waals surface area contributed by atoms with E-state index in [4.69, 9.17) is 5.73 Å². The molecule has 1 atom stereocenters. The van der Waals surface area contributed by atoms with Gasteiger partial charge < -0.3 is 5.73 Å². The number of amidine groups is 1. The number of ketones is 1. The Hall–Kier alpha value is -2.29. The first-order chi connectivity index (χ1) is 12.6. The predicted molar refractivity (Wildman–Crippen MR) is 98.7 cm³/mol. The fraction of sp³-hybridized carbons (Fsp3) is 0.389. The van der Waals surface area contributed by atoms with E-state index in [1.54, 1.807) is 6.07 Å². The van der Waals surface area contributed by atoms with Crippen LogP contribution in [0.3, 0.4) is 0 Å². The smallest absolute Gasteiger partial charge is 0.379 e. The van der Waals surface area contributed by atoms with Crippen molar-refractivity contribution in [3.63, 3.8) is 0 Å². The number of aliphatic imine (C=N–C) groups is 1. The number of halogens is 3. The highest BCUT2D eigenvalue weighted by Gasteiger charge is 2.35. The van der Waals surface area contributed by atoms with Crippen LogP contribution in [0.15, 0.2) is 35.3 Å². The summed E-state index contributed by atoms with van der Waals surface area (Å²) in [6, 6.07) is 8.17. The van der Waals surface area contributed by atoms with E-state index in [9.17, 15) is 18.0 Å². The molecule has 0 radical (unpaired) electrons. The molecule has 0 amide bonds. The molecule has 0 fully saturated rings. The van der Waals surface area contributed by atoms with E-state index in [0.717, 1.165) is 28.5 Å². The Morgan fingerprint density at radius 2 is 2.11 bits per heavy atom. The van der Waals surface area contributed by atoms with Gasteiger partial charge in [0.25, 0.3) is 0 Å². The number of hydrogen-bond acceptors (Lipinski definition) is 5. The summed E-state index contributed by atoms with van der Waals surface area (Å²) in [5.74, 6) is 0.426. The molecule has 0 saturated carbocycles. The number of hydrogen-bond donors (Lipinski definition) is 1. The summed E-state index contributed by atoms with van der Waals surface area (Å²) in [4.78, 5) is 17.1. The van der Waals surface area contributed by atoms with Gasteiger partial charge in [0.15, 0.2) is 16.6 Å². The van der Waals surface area contributed by atoms with Crippen molar-refractivity contribution in [2.45, 2.75) is 31.5 Å². The molecule has 1 aliphatic heterocycles. The Balaban J connectivity index is 1.84. The lowest BCUT2D eigenvalue weighted by molar-refractivity contribution is -0.141. The molecule has 27 heavy (non-hydrogen) atoms. The van der Waals surface area contributed by atoms with Crippen LogP contribution in [-0.4, -0.2) is 26.5 Å². The summed E-state index contributed by atoms with van der Waals surface area (Å²) in [6.45, 7) is 1.98. The van der Waals surface area contributed by atoms with Crippen molar-refractivity contribution in [2.24, 2.45) is 17.8 Å². The van der Waals surface area contributed by atoms with Gasteiger partial charge in [-0.2, -0.15) is 18.3 Å². The van der Waals surface area contributed by atoms with Crippen LogP contribution in [0.2, 0.25) is 0 Å². The van der Waals surface area contributed by atoms with Gasteiger partial charge in [-0.15, -0.1) is 0 Å². The van der Waals surface area contributed by atoms with Crippen LogP contribution in [0.4, 0.5) is 13.2 Å². The average molecular weight is 396 g/mol. The van der Waals surface area contributed by atoms with Crippen LogP contribution in [0.25, 0.3) is 0 Å². The second-order valence-electron chi connectivity index (χ2n) is 6.66. The van der Waals surface area contributed by atoms with Crippen molar-refractivity contribution in [2.75, 3.05) is 5.75 Å². The zero-order valence-corrected chi connectivity index (χ0v) is 15.7. The van der Waals surface area contributed by atoms with Gasteiger partial charge in [-0.1, -0.05) is 36.0 Å². The highest BCUT2D eigenvalue weighted by Crippen LogP contribution is 2.35. The summed E-state index contributed by atoms with van der Waals surface area (Å²) < 4.78 is 39.4. The van der Waals surface area contributed by atoms with E-state index in [0.29, 0.717) is 10.7 Å². The minimum Gasteiger partial charge on any atom is -0.379 e. The Morgan fingerprint density at radius 1 is 1.37 bits per heavy atom. The van der Waals surface area contributed by atoms with Crippen molar-refractivity contribution in [1.82, 2.24) is 9.78 Å². The predicted octanol–water partition coefficient (Wildman–Crippen LogP) is 3.53. The summed E-state index contributed by atoms with van der Waals surface area (Å²) >= 11 is 1.51. The van der Waals surface area contributed by atoms with Crippen LogP contribution < -0.4 is 5.73 Å². The lowest BCUT2D eigenvalue weighted by Crippen LogP contribution is -2.28. The van der Waals surface area contributed by atoms with Crippen LogP contribution >= 0.6 is 11.8 Å². The van der Waals surface area contributed by atoms with Crippen molar-refractivity contribution < 1.29 is 18.0 Å². The fourth-order valence-corrected chi connectivity index (χ4v) is 4.03. The summed E-state index contributed by atoms with van der Waals surface area (Å²) in [5, 5.41) is 3.92. The van der Waals surface area contributed by atoms with E-state index in [-0.39, 0.29) is 12.1 Å². The van der Waals surface area contributed by atoms with Gasteiger partial charge in [0.1, 0.15) is 5.69 Å². The average Bonchev–Trinajstić information content (AvgIpc) is 2.97. The third kappa shape index (κ3) is 4.18. The number of aryl methyl sites for hydroxylation is 1. The number of carbonyl (C=O) groups excluding carboxylic acids is 1. The Morgan fingerprint density at radius 3 is 2.74 bits per heavy atom. The lowest BCUT2D eigenvalue weighted by Gasteiger charge is -2.30. The SMILES string of the molecule is Cn1nc(C(F)(F)F)cc1C(=O)Cc1cccc([C@]2(C)CCSC(N)=N2)c1. The maximum Gasteiger partial charge on any atom is 0.435 e. The maximum atomic E-state index is 12.8. The van der Waals surface area contributed by atoms with Gasteiger partial charge in [-0.25, -0.2) is 0 Å². The van der Waals surface area contributed by atoms with E-state index in [2.05, 4.69) is 10.1 Å². The van der Waals surface area contributed by atoms with Crippen LogP contribution in [0.1, 0.15) is 40.7 Å². The Bertz CT molecular complexity index is 906. The molecule has 2 aromatic rings. The van der Waals surface area contributed by atoms with E-state index in [1.807, 2.05) is 25.1 Å². The largest absolute Gasteiger partial charge is 0.435 e. The van der Waals surface area contributed by atoms with E-state index >= 15 is 0 Å². The number of nitrogens with two attached hydrogens (primary N) is 1. The van der Waals surface area contributed by atoms with Gasteiger partial charge in [0.05, 0.1) is 5.54 Å². The second-order valence-corrected chi connectivity index (χ2v) is 7.77. The van der Waals surface area contributed by atoms with Gasteiger partial charge >= 0.3 is 6.18 Å². The van der Waals surface area contributed by atoms with Crippen LogP contribution in [0, 0.1) is 0 Å². The van der Waals surface area contributed by atoms with Gasteiger partial charge in [0, 0.05) is 19.2 Å². The Kier molecular flexibility index (Phi) is 5.07. The zero-order valence-electron chi connectivity index (χ0n) is 14.9. The maximum absolute atomic E-state index is 12.8. The number of nitrogens with zero attached hydrogens (tertiary/aromatic N) is 3. The van der Waals surface area contributed by atoms with E-state index in [1.165, 1.54) is 18.8 Å². The molecule has 0 unspecified atom stereocenters. The number of thioether (sulfide) groups is 1. The topological polar surface area (TPSA) is 73.3 Å². The molecule has 0 aliphatic carbocycles. The number of rotatable bonds is 4. The minimum atomic E-state index is -4.58. The monoisotopic (exact) mass is 396 g/mol. The molecule has 3 rings (SSSR count). The quantitative estimate of drug-likeness (QED) is 0.803. The highest BCUT2D eigenvalue weighted by molar-refractivity contribution is 8.13. The molecule has 0 spiro atoms. The van der Waals surface area contributed by atoms with E-state index < -0.39 is 23.2 Å². The van der Waals surface area contributed by atoms with Crippen molar-refractivity contribution >= 4 is 22.7 Å². The standard InChI is InChI=1S/C18H19F3N4OS/c1-17(6-7-27-16(22)23-17)12-5-3-4-11(8-12)9-14(26)13-10-15(18(19,20)21)24-25(13)2/h3-5,8,10H,6-7,9H2,1-2H3,(H2,22,23)/t17-/m0/s1. The molecular formula is C18H19F3N4OS. The third-order valence-corrected chi connectivity index (χ3v) is 5.36. The molecule has 0 saturated heterocycles. The summed E-state index contributed by atoms with van der Waals surface area (Å²) in [5.41, 5.74) is 5.88. The first-order valence-corrected chi connectivity index (χ1v) is 9.29. The number of Topliss-reactive ketones (excluding diaryl/α,β-unsaturated/α-hetero) is 1. The lowest BCUT2D eigenvalue weighted by atomic mass is 9.88. The number of benzene rings is 1. The summed E-state index contributed by atoms with van der Waals surface area (Å²) in [6.07, 6.45) is -3.79. The third-order valence-electron chi connectivity index (χ3n) is 4.57. The van der Waals surface area contributed by atoms with Crippen molar-refractivity contribution in [1.29, 1.82) is 0 Å².